The minimum atomic E-state index is -0.247. The first kappa shape index (κ1) is 22.5. The van der Waals surface area contributed by atoms with Gasteiger partial charge >= 0.3 is 6.03 Å². The first-order chi connectivity index (χ1) is 15.9. The topological polar surface area (TPSA) is 101 Å². The van der Waals surface area contributed by atoms with E-state index in [9.17, 15) is 9.59 Å². The zero-order valence-corrected chi connectivity index (χ0v) is 19.6. The summed E-state index contributed by atoms with van der Waals surface area (Å²) >= 11 is 1.66. The largest absolute Gasteiger partial charge is 0.348 e. The van der Waals surface area contributed by atoms with E-state index in [-0.39, 0.29) is 18.0 Å². The maximum absolute atomic E-state index is 13.0. The summed E-state index contributed by atoms with van der Waals surface area (Å²) in [5.74, 6) is -0.181. The molecule has 33 heavy (non-hydrogen) atoms. The van der Waals surface area contributed by atoms with E-state index in [2.05, 4.69) is 32.1 Å². The molecule has 170 valence electrons. The molecule has 1 aromatic carbocycles. The van der Waals surface area contributed by atoms with Crippen molar-refractivity contribution in [2.45, 2.75) is 39.9 Å². The lowest BCUT2D eigenvalue weighted by atomic mass is 10.1. The molecule has 0 saturated carbocycles. The molecule has 8 nitrogen and oxygen atoms in total. The van der Waals surface area contributed by atoms with E-state index in [1.165, 1.54) is 4.88 Å². The third-order valence-electron chi connectivity index (χ3n) is 4.95. The Balaban J connectivity index is 1.44. The Morgan fingerprint density at radius 2 is 1.94 bits per heavy atom. The maximum atomic E-state index is 13.0. The second kappa shape index (κ2) is 9.83. The summed E-state index contributed by atoms with van der Waals surface area (Å²) in [6.07, 6.45) is 1.70. The molecule has 0 aliphatic rings. The molecule has 0 bridgehead atoms. The predicted molar refractivity (Wildman–Crippen MR) is 131 cm³/mol. The lowest BCUT2D eigenvalue weighted by Crippen LogP contribution is -2.34. The average molecular weight is 463 g/mol. The highest BCUT2D eigenvalue weighted by Crippen LogP contribution is 2.21. The highest BCUT2D eigenvalue weighted by molar-refractivity contribution is 7.09. The maximum Gasteiger partial charge on any atom is 0.319 e. The van der Waals surface area contributed by atoms with Crippen molar-refractivity contribution in [1.29, 1.82) is 0 Å². The minimum absolute atomic E-state index is 0.0607. The van der Waals surface area contributed by atoms with Crippen LogP contribution in [0.2, 0.25) is 0 Å². The Kier molecular flexibility index (Phi) is 6.69. The number of aryl methyl sites for hydroxylation is 1. The van der Waals surface area contributed by atoms with Gasteiger partial charge in [0, 0.05) is 28.8 Å². The van der Waals surface area contributed by atoms with E-state index >= 15 is 0 Å². The molecule has 0 saturated heterocycles. The van der Waals surface area contributed by atoms with Crippen LogP contribution >= 0.6 is 11.3 Å². The van der Waals surface area contributed by atoms with Crippen molar-refractivity contribution in [3.8, 4) is 0 Å². The van der Waals surface area contributed by atoms with E-state index in [0.29, 0.717) is 30.0 Å². The molecule has 0 aliphatic carbocycles. The first-order valence-electron chi connectivity index (χ1n) is 10.7. The van der Waals surface area contributed by atoms with Gasteiger partial charge in [0.25, 0.3) is 5.91 Å². The van der Waals surface area contributed by atoms with Crippen molar-refractivity contribution in [3.05, 3.63) is 75.7 Å². The van der Waals surface area contributed by atoms with Crippen LogP contribution in [0.5, 0.6) is 0 Å². The molecule has 3 aromatic heterocycles. The first-order valence-corrected chi connectivity index (χ1v) is 11.6. The Hall–Kier alpha value is -3.72. The van der Waals surface area contributed by atoms with E-state index in [4.69, 9.17) is 0 Å². The van der Waals surface area contributed by atoms with Crippen LogP contribution in [0.1, 0.15) is 40.3 Å². The highest BCUT2D eigenvalue weighted by atomic mass is 32.1. The van der Waals surface area contributed by atoms with E-state index < -0.39 is 0 Å². The summed E-state index contributed by atoms with van der Waals surface area (Å²) in [6, 6.07) is 13.0. The van der Waals surface area contributed by atoms with Gasteiger partial charge in [-0.1, -0.05) is 18.2 Å². The fraction of sp³-hybridized carbons (Fsp3) is 0.250. The summed E-state index contributed by atoms with van der Waals surface area (Å²) in [7, 11) is 0. The number of hydrogen-bond donors (Lipinski definition) is 3. The third kappa shape index (κ3) is 5.56. The number of carbonyl (C=O) groups is 2. The van der Waals surface area contributed by atoms with Crippen molar-refractivity contribution in [1.82, 2.24) is 25.4 Å². The van der Waals surface area contributed by atoms with E-state index in [1.807, 2.05) is 61.2 Å². The lowest BCUT2D eigenvalue weighted by Gasteiger charge is -2.11. The molecule has 3 amide bonds. The van der Waals surface area contributed by atoms with Gasteiger partial charge in [-0.2, -0.15) is 5.10 Å². The Morgan fingerprint density at radius 1 is 1.15 bits per heavy atom. The number of pyridine rings is 1. The molecule has 3 heterocycles. The Morgan fingerprint density at radius 3 is 2.64 bits per heavy atom. The van der Waals surface area contributed by atoms with Gasteiger partial charge < -0.3 is 16.0 Å². The van der Waals surface area contributed by atoms with E-state index in [1.54, 1.807) is 23.6 Å². The molecule has 0 spiro atoms. The normalized spacial score (nSPS) is 11.0. The number of urea groups is 1. The van der Waals surface area contributed by atoms with Crippen molar-refractivity contribution in [3.63, 3.8) is 0 Å². The average Bonchev–Trinajstić information content (AvgIpc) is 3.42. The molecular formula is C24H26N6O2S. The molecule has 3 N–H and O–H groups in total. The highest BCUT2D eigenvalue weighted by Gasteiger charge is 2.16. The monoisotopic (exact) mass is 462 g/mol. The standard InChI is InChI=1S/C24H26N6O2S/c1-15(2)27-24(32)29-18-8-6-17(7-9-18)12-25-23(31)20-11-16(3)28-22-21(20)13-26-30(22)14-19-5-4-10-33-19/h4-11,13,15H,12,14H2,1-3H3,(H,25,31)(H2,27,29,32). The second-order valence-electron chi connectivity index (χ2n) is 8.06. The molecule has 0 radical (unpaired) electrons. The zero-order chi connectivity index (χ0) is 23.4. The summed E-state index contributed by atoms with van der Waals surface area (Å²) < 4.78 is 1.83. The van der Waals surface area contributed by atoms with Gasteiger partial charge in [0.15, 0.2) is 5.65 Å². The van der Waals surface area contributed by atoms with Gasteiger partial charge in [0.2, 0.25) is 0 Å². The molecule has 0 aliphatic heterocycles. The number of fused-ring (bicyclic) bond motifs is 1. The Bertz CT molecular complexity index is 1260. The number of amides is 3. The molecular weight excluding hydrogens is 436 g/mol. The number of anilines is 1. The predicted octanol–water partition coefficient (Wildman–Crippen LogP) is 4.31. The van der Waals surface area contributed by atoms with Crippen molar-refractivity contribution >= 4 is 40.0 Å². The molecule has 0 atom stereocenters. The third-order valence-corrected chi connectivity index (χ3v) is 5.81. The summed E-state index contributed by atoms with van der Waals surface area (Å²) in [6.45, 7) is 6.66. The van der Waals surface area contributed by atoms with Gasteiger partial charge in [-0.05, 0) is 56.0 Å². The fourth-order valence-electron chi connectivity index (χ4n) is 3.44. The number of carbonyl (C=O) groups excluding carboxylic acids is 2. The van der Waals surface area contributed by atoms with Crippen LogP contribution in [0.15, 0.2) is 54.0 Å². The van der Waals surface area contributed by atoms with Gasteiger partial charge in [0.05, 0.1) is 23.7 Å². The van der Waals surface area contributed by atoms with Crippen LogP contribution in [0.4, 0.5) is 10.5 Å². The quantitative estimate of drug-likeness (QED) is 0.381. The molecule has 9 heteroatoms. The van der Waals surface area contributed by atoms with Crippen LogP contribution < -0.4 is 16.0 Å². The van der Waals surface area contributed by atoms with Crippen LogP contribution in [-0.2, 0) is 13.1 Å². The van der Waals surface area contributed by atoms with Crippen molar-refractivity contribution < 1.29 is 9.59 Å². The minimum Gasteiger partial charge on any atom is -0.348 e. The molecule has 0 unspecified atom stereocenters. The molecule has 4 rings (SSSR count). The molecule has 4 aromatic rings. The van der Waals surface area contributed by atoms with Gasteiger partial charge in [0.1, 0.15) is 0 Å². The van der Waals surface area contributed by atoms with Gasteiger partial charge in [-0.3, -0.25) is 4.79 Å². The van der Waals surface area contributed by atoms with Gasteiger partial charge in [-0.25, -0.2) is 14.5 Å². The summed E-state index contributed by atoms with van der Waals surface area (Å²) in [5.41, 5.74) is 3.62. The summed E-state index contributed by atoms with van der Waals surface area (Å²) in [5, 5.41) is 15.8. The van der Waals surface area contributed by atoms with E-state index in [0.717, 1.165) is 16.6 Å². The van der Waals surface area contributed by atoms with Crippen LogP contribution in [-0.4, -0.2) is 32.7 Å². The molecule has 0 fully saturated rings. The Labute approximate surface area is 196 Å². The lowest BCUT2D eigenvalue weighted by molar-refractivity contribution is 0.0952. The number of nitrogens with zero attached hydrogens (tertiary/aromatic N) is 3. The summed E-state index contributed by atoms with van der Waals surface area (Å²) in [4.78, 5) is 30.6. The van der Waals surface area contributed by atoms with Crippen LogP contribution in [0.3, 0.4) is 0 Å². The van der Waals surface area contributed by atoms with Gasteiger partial charge in [-0.15, -0.1) is 11.3 Å². The fourth-order valence-corrected chi connectivity index (χ4v) is 4.13. The smallest absolute Gasteiger partial charge is 0.319 e. The number of thiophene rings is 1. The van der Waals surface area contributed by atoms with Crippen LogP contribution in [0, 0.1) is 6.92 Å². The number of hydrogen-bond acceptors (Lipinski definition) is 5. The van der Waals surface area contributed by atoms with Crippen LogP contribution in [0.25, 0.3) is 11.0 Å². The SMILES string of the molecule is Cc1cc(C(=O)NCc2ccc(NC(=O)NC(C)C)cc2)c2cnn(Cc3cccs3)c2n1. The number of rotatable bonds is 7. The zero-order valence-electron chi connectivity index (χ0n) is 18.8. The number of nitrogens with one attached hydrogen (secondary N) is 3. The number of aromatic nitrogens is 3. The van der Waals surface area contributed by atoms with Crippen molar-refractivity contribution in [2.75, 3.05) is 5.32 Å². The van der Waals surface area contributed by atoms with Crippen molar-refractivity contribution in [2.24, 2.45) is 0 Å². The number of benzene rings is 1. The second-order valence-corrected chi connectivity index (χ2v) is 9.10.